The van der Waals surface area contributed by atoms with E-state index in [1.54, 1.807) is 6.92 Å². The van der Waals surface area contributed by atoms with Crippen molar-refractivity contribution in [3.8, 4) is 5.75 Å². The van der Waals surface area contributed by atoms with E-state index < -0.39 is 11.9 Å². The molecule has 1 heterocycles. The minimum atomic E-state index is -0.509. The van der Waals surface area contributed by atoms with Gasteiger partial charge in [-0.1, -0.05) is 32.9 Å². The van der Waals surface area contributed by atoms with Gasteiger partial charge in [0.05, 0.1) is 17.5 Å². The molecule has 134 valence electrons. The van der Waals surface area contributed by atoms with Crippen molar-refractivity contribution in [2.45, 2.75) is 33.1 Å². The van der Waals surface area contributed by atoms with E-state index in [1.165, 1.54) is 18.8 Å². The van der Waals surface area contributed by atoms with Crippen LogP contribution in [-0.2, 0) is 17.3 Å². The summed E-state index contributed by atoms with van der Waals surface area (Å²) in [5, 5.41) is 7.66. The van der Waals surface area contributed by atoms with Crippen LogP contribution < -0.4 is 10.2 Å². The Morgan fingerprint density at radius 2 is 2.00 bits per heavy atom. The molecule has 2 rings (SSSR count). The molecule has 6 nitrogen and oxygen atoms in total. The number of carbonyl (C=O) groups is 1. The van der Waals surface area contributed by atoms with Crippen molar-refractivity contribution in [3.63, 3.8) is 0 Å². The third kappa shape index (κ3) is 4.89. The fourth-order valence-electron chi connectivity index (χ4n) is 2.19. The molecule has 1 aromatic carbocycles. The van der Waals surface area contributed by atoms with Gasteiger partial charge >= 0.3 is 0 Å². The molecule has 1 aromatic heterocycles. The Morgan fingerprint density at radius 1 is 1.36 bits per heavy atom. The molecule has 0 radical (unpaired) electrons. The maximum Gasteiger partial charge on any atom is 0.277 e. The van der Waals surface area contributed by atoms with Gasteiger partial charge in [0.1, 0.15) is 5.75 Å². The lowest BCUT2D eigenvalue weighted by Crippen LogP contribution is -2.24. The Hall–Kier alpha value is -2.70. The lowest BCUT2D eigenvalue weighted by Gasteiger charge is -2.19. The standard InChI is InChI=1S/C18H23FN4O2/c1-12-15(17(19)23(5)22-12)10-20-21-16(24)11-25-14-8-6-13(7-9-14)18(2,3)4/h6-10H,11H2,1-5H3,(H,21,24). The summed E-state index contributed by atoms with van der Waals surface area (Å²) in [7, 11) is 1.50. The number of halogens is 1. The molecule has 2 aromatic rings. The highest BCUT2D eigenvalue weighted by atomic mass is 19.1. The number of hydrogen-bond donors (Lipinski definition) is 1. The van der Waals surface area contributed by atoms with Gasteiger partial charge in [0, 0.05) is 7.05 Å². The van der Waals surface area contributed by atoms with E-state index in [0.717, 1.165) is 4.68 Å². The van der Waals surface area contributed by atoms with E-state index in [2.05, 4.69) is 36.4 Å². The van der Waals surface area contributed by atoms with E-state index in [-0.39, 0.29) is 17.6 Å². The normalized spacial score (nSPS) is 11.8. The molecule has 1 amide bonds. The van der Waals surface area contributed by atoms with Crippen molar-refractivity contribution >= 4 is 12.1 Å². The minimum absolute atomic E-state index is 0.0598. The number of aryl methyl sites for hydroxylation is 2. The highest BCUT2D eigenvalue weighted by Crippen LogP contribution is 2.24. The van der Waals surface area contributed by atoms with Crippen molar-refractivity contribution in [2.75, 3.05) is 6.61 Å². The molecule has 0 aliphatic heterocycles. The third-order valence-electron chi connectivity index (χ3n) is 3.67. The van der Waals surface area contributed by atoms with Gasteiger partial charge in [0.2, 0.25) is 5.95 Å². The molecule has 0 saturated heterocycles. The summed E-state index contributed by atoms with van der Waals surface area (Å²) in [6.07, 6.45) is 1.23. The number of benzene rings is 1. The van der Waals surface area contributed by atoms with Gasteiger partial charge in [-0.25, -0.2) is 10.1 Å². The van der Waals surface area contributed by atoms with E-state index in [1.807, 2.05) is 24.3 Å². The largest absolute Gasteiger partial charge is 0.484 e. The Kier molecular flexibility index (Phi) is 5.56. The van der Waals surface area contributed by atoms with Crippen LogP contribution in [0.15, 0.2) is 29.4 Å². The fourth-order valence-corrected chi connectivity index (χ4v) is 2.19. The van der Waals surface area contributed by atoms with Crippen LogP contribution in [0.5, 0.6) is 5.75 Å². The third-order valence-corrected chi connectivity index (χ3v) is 3.67. The van der Waals surface area contributed by atoms with E-state index in [0.29, 0.717) is 11.4 Å². The van der Waals surface area contributed by atoms with Crippen molar-refractivity contribution in [1.29, 1.82) is 0 Å². The van der Waals surface area contributed by atoms with Gasteiger partial charge in [-0.2, -0.15) is 14.6 Å². The minimum Gasteiger partial charge on any atom is -0.484 e. The SMILES string of the molecule is Cc1nn(C)c(F)c1C=NNC(=O)COc1ccc(C(C)(C)C)cc1. The number of amides is 1. The summed E-state index contributed by atoms with van der Waals surface area (Å²) in [5.74, 6) is -0.343. The van der Waals surface area contributed by atoms with E-state index in [4.69, 9.17) is 4.74 Å². The number of nitrogens with one attached hydrogen (secondary N) is 1. The molecule has 1 N–H and O–H groups in total. The van der Waals surface area contributed by atoms with Crippen LogP contribution in [0, 0.1) is 12.9 Å². The number of hydrogen-bond acceptors (Lipinski definition) is 4. The predicted molar refractivity (Wildman–Crippen MR) is 94.3 cm³/mol. The van der Waals surface area contributed by atoms with Gasteiger partial charge < -0.3 is 4.74 Å². The summed E-state index contributed by atoms with van der Waals surface area (Å²) < 4.78 is 20.2. The monoisotopic (exact) mass is 346 g/mol. The summed E-state index contributed by atoms with van der Waals surface area (Å²) >= 11 is 0. The summed E-state index contributed by atoms with van der Waals surface area (Å²) in [6, 6.07) is 7.59. The number of aromatic nitrogens is 2. The lowest BCUT2D eigenvalue weighted by atomic mass is 9.87. The topological polar surface area (TPSA) is 68.5 Å². The Morgan fingerprint density at radius 3 is 2.52 bits per heavy atom. The number of hydrazone groups is 1. The number of nitrogens with zero attached hydrogens (tertiary/aromatic N) is 3. The molecule has 0 fully saturated rings. The molecule has 7 heteroatoms. The van der Waals surface area contributed by atoms with E-state index in [9.17, 15) is 9.18 Å². The first-order valence-corrected chi connectivity index (χ1v) is 7.93. The molecule has 0 unspecified atom stereocenters. The quantitative estimate of drug-likeness (QED) is 0.668. The molecule has 0 atom stereocenters. The van der Waals surface area contributed by atoms with Crippen LogP contribution in [0.1, 0.15) is 37.6 Å². The Bertz CT molecular complexity index is 774. The van der Waals surface area contributed by atoms with Crippen LogP contribution in [0.3, 0.4) is 0 Å². The average molecular weight is 346 g/mol. The fraction of sp³-hybridized carbons (Fsp3) is 0.389. The summed E-state index contributed by atoms with van der Waals surface area (Å²) in [4.78, 5) is 11.7. The van der Waals surface area contributed by atoms with Gasteiger partial charge in [-0.05, 0) is 30.0 Å². The Balaban J connectivity index is 1.85. The van der Waals surface area contributed by atoms with Crippen molar-refractivity contribution in [1.82, 2.24) is 15.2 Å². The maximum atomic E-state index is 13.7. The average Bonchev–Trinajstić information content (AvgIpc) is 2.78. The predicted octanol–water partition coefficient (Wildman–Crippen LogP) is 2.69. The van der Waals surface area contributed by atoms with Crippen LogP contribution in [0.4, 0.5) is 4.39 Å². The summed E-state index contributed by atoms with van der Waals surface area (Å²) in [6.45, 7) is 7.86. The molecule has 0 bridgehead atoms. The van der Waals surface area contributed by atoms with Gasteiger partial charge in [0.15, 0.2) is 6.61 Å². The molecule has 0 saturated carbocycles. The number of rotatable bonds is 5. The second kappa shape index (κ2) is 7.46. The maximum absolute atomic E-state index is 13.7. The molecule has 0 aliphatic carbocycles. The van der Waals surface area contributed by atoms with Crippen LogP contribution in [-0.4, -0.2) is 28.5 Å². The van der Waals surface area contributed by atoms with Gasteiger partial charge in [-0.3, -0.25) is 4.79 Å². The number of carbonyl (C=O) groups excluding carboxylic acids is 1. The zero-order valence-corrected chi connectivity index (χ0v) is 15.1. The smallest absolute Gasteiger partial charge is 0.277 e. The first-order chi connectivity index (χ1) is 11.7. The second-order valence-corrected chi connectivity index (χ2v) is 6.77. The molecule has 0 spiro atoms. The van der Waals surface area contributed by atoms with Gasteiger partial charge in [-0.15, -0.1) is 0 Å². The lowest BCUT2D eigenvalue weighted by molar-refractivity contribution is -0.123. The highest BCUT2D eigenvalue weighted by Gasteiger charge is 2.13. The summed E-state index contributed by atoms with van der Waals surface area (Å²) in [5.41, 5.74) is 4.28. The van der Waals surface area contributed by atoms with Crippen LogP contribution in [0.2, 0.25) is 0 Å². The second-order valence-electron chi connectivity index (χ2n) is 6.77. The van der Waals surface area contributed by atoms with Crippen molar-refractivity contribution < 1.29 is 13.9 Å². The highest BCUT2D eigenvalue weighted by molar-refractivity contribution is 5.83. The van der Waals surface area contributed by atoms with Crippen LogP contribution in [0.25, 0.3) is 0 Å². The Labute approximate surface area is 146 Å². The van der Waals surface area contributed by atoms with Crippen molar-refractivity contribution in [3.05, 3.63) is 47.0 Å². The molecular weight excluding hydrogens is 323 g/mol. The number of ether oxygens (including phenoxy) is 1. The molecular formula is C18H23FN4O2. The first kappa shape index (κ1) is 18.6. The first-order valence-electron chi connectivity index (χ1n) is 7.93. The van der Waals surface area contributed by atoms with Gasteiger partial charge in [0.25, 0.3) is 5.91 Å². The molecule has 0 aliphatic rings. The van der Waals surface area contributed by atoms with Crippen molar-refractivity contribution in [2.24, 2.45) is 12.1 Å². The zero-order valence-electron chi connectivity index (χ0n) is 15.1. The zero-order chi connectivity index (χ0) is 18.6. The van der Waals surface area contributed by atoms with Crippen LogP contribution >= 0.6 is 0 Å². The van der Waals surface area contributed by atoms with E-state index >= 15 is 0 Å². The molecule has 25 heavy (non-hydrogen) atoms.